The van der Waals surface area contributed by atoms with Crippen molar-refractivity contribution in [3.63, 3.8) is 0 Å². The maximum atomic E-state index is 5.62. The summed E-state index contributed by atoms with van der Waals surface area (Å²) in [5, 5.41) is 0. The number of nitrogens with two attached hydrogens (primary N) is 1. The van der Waals surface area contributed by atoms with Crippen molar-refractivity contribution in [2.24, 2.45) is 0 Å². The molecule has 0 atom stereocenters. The van der Waals surface area contributed by atoms with Crippen molar-refractivity contribution in [3.8, 4) is 5.88 Å². The van der Waals surface area contributed by atoms with Gasteiger partial charge in [0.25, 0.3) is 5.88 Å². The fraction of sp³-hybridized carbons (Fsp3) is 0.100. The normalized spacial score (nSPS) is 10.1. The van der Waals surface area contributed by atoms with Crippen LogP contribution in [0.2, 0.25) is 0 Å². The van der Waals surface area contributed by atoms with E-state index in [-0.39, 0.29) is 5.82 Å². The zero-order valence-electron chi connectivity index (χ0n) is 8.30. The summed E-state index contributed by atoms with van der Waals surface area (Å²) in [4.78, 5) is 12.0. The highest BCUT2D eigenvalue weighted by molar-refractivity contribution is 9.10. The van der Waals surface area contributed by atoms with Crippen LogP contribution in [0.3, 0.4) is 0 Å². The predicted octanol–water partition coefficient (Wildman–Crippen LogP) is 1.80. The third kappa shape index (κ3) is 2.66. The van der Waals surface area contributed by atoms with Crippen molar-refractivity contribution in [2.75, 3.05) is 5.73 Å². The predicted molar refractivity (Wildman–Crippen MR) is 62.7 cm³/mol. The van der Waals surface area contributed by atoms with Crippen LogP contribution in [0.5, 0.6) is 5.88 Å². The molecule has 0 spiro atoms. The minimum absolute atomic E-state index is 0.270. The number of nitrogens with zero attached hydrogens (tertiary/aromatic N) is 3. The summed E-state index contributed by atoms with van der Waals surface area (Å²) < 4.78 is 6.02. The van der Waals surface area contributed by atoms with Crippen LogP contribution in [-0.2, 0) is 6.61 Å². The average molecular weight is 281 g/mol. The summed E-state index contributed by atoms with van der Waals surface area (Å²) in [7, 11) is 0. The molecule has 82 valence electrons. The Kier molecular flexibility index (Phi) is 3.31. The summed E-state index contributed by atoms with van der Waals surface area (Å²) >= 11 is 3.20. The van der Waals surface area contributed by atoms with Gasteiger partial charge in [0.05, 0.1) is 6.20 Å². The van der Waals surface area contributed by atoms with Crippen molar-refractivity contribution < 1.29 is 4.74 Å². The third-order valence-electron chi connectivity index (χ3n) is 1.84. The zero-order chi connectivity index (χ0) is 11.4. The molecule has 0 fully saturated rings. The van der Waals surface area contributed by atoms with Crippen LogP contribution in [-0.4, -0.2) is 15.0 Å². The van der Waals surface area contributed by atoms with Gasteiger partial charge in [-0.1, -0.05) is 6.07 Å². The van der Waals surface area contributed by atoms with Gasteiger partial charge in [-0.25, -0.2) is 9.97 Å². The molecule has 2 aromatic heterocycles. The Morgan fingerprint density at radius 3 is 3.00 bits per heavy atom. The first-order chi connectivity index (χ1) is 7.75. The first-order valence-corrected chi connectivity index (χ1v) is 5.35. The molecule has 0 saturated carbocycles. The summed E-state index contributed by atoms with van der Waals surface area (Å²) in [6.07, 6.45) is 4.95. The van der Waals surface area contributed by atoms with Gasteiger partial charge < -0.3 is 10.5 Å². The van der Waals surface area contributed by atoms with E-state index in [1.165, 1.54) is 6.20 Å². The summed E-state index contributed by atoms with van der Waals surface area (Å²) in [6.45, 7) is 0.364. The summed E-state index contributed by atoms with van der Waals surface area (Å²) in [5.74, 6) is 0.588. The zero-order valence-corrected chi connectivity index (χ0v) is 9.89. The highest BCUT2D eigenvalue weighted by atomic mass is 79.9. The van der Waals surface area contributed by atoms with Crippen LogP contribution in [0.4, 0.5) is 5.82 Å². The van der Waals surface area contributed by atoms with Crippen molar-refractivity contribution in [1.29, 1.82) is 0 Å². The molecule has 0 bridgehead atoms. The van der Waals surface area contributed by atoms with E-state index in [0.717, 1.165) is 5.56 Å². The van der Waals surface area contributed by atoms with Gasteiger partial charge in [0.2, 0.25) is 0 Å². The lowest BCUT2D eigenvalue weighted by atomic mass is 10.3. The largest absolute Gasteiger partial charge is 0.470 e. The summed E-state index contributed by atoms with van der Waals surface area (Å²) in [5.41, 5.74) is 6.57. The molecular formula is C10H9BrN4O. The van der Waals surface area contributed by atoms with Crippen molar-refractivity contribution in [3.05, 3.63) is 40.9 Å². The Balaban J connectivity index is 2.08. The summed E-state index contributed by atoms with van der Waals surface area (Å²) in [6, 6.07) is 3.75. The van der Waals surface area contributed by atoms with Gasteiger partial charge in [0, 0.05) is 18.0 Å². The highest BCUT2D eigenvalue weighted by Crippen LogP contribution is 2.19. The molecule has 2 heterocycles. The van der Waals surface area contributed by atoms with Gasteiger partial charge in [-0.05, 0) is 22.0 Å². The lowest BCUT2D eigenvalue weighted by Crippen LogP contribution is -2.02. The van der Waals surface area contributed by atoms with Crippen LogP contribution in [0, 0.1) is 0 Å². The molecule has 0 aromatic carbocycles. The third-order valence-corrected chi connectivity index (χ3v) is 2.22. The van der Waals surface area contributed by atoms with Gasteiger partial charge in [-0.3, -0.25) is 4.98 Å². The molecule has 5 nitrogen and oxygen atoms in total. The number of pyridine rings is 1. The monoisotopic (exact) mass is 280 g/mol. The average Bonchev–Trinajstić information content (AvgIpc) is 2.32. The highest BCUT2D eigenvalue weighted by Gasteiger charge is 2.04. The second-order valence-electron chi connectivity index (χ2n) is 3.03. The van der Waals surface area contributed by atoms with Crippen LogP contribution >= 0.6 is 15.9 Å². The van der Waals surface area contributed by atoms with Crippen molar-refractivity contribution >= 4 is 21.7 Å². The molecule has 0 amide bonds. The van der Waals surface area contributed by atoms with Crippen molar-refractivity contribution in [1.82, 2.24) is 15.0 Å². The van der Waals surface area contributed by atoms with E-state index in [0.29, 0.717) is 17.1 Å². The van der Waals surface area contributed by atoms with Gasteiger partial charge in [0.15, 0.2) is 5.82 Å². The molecule has 2 aromatic rings. The molecule has 0 aliphatic rings. The molecular weight excluding hydrogens is 272 g/mol. The maximum absolute atomic E-state index is 5.62. The van der Waals surface area contributed by atoms with E-state index in [1.807, 2.05) is 12.1 Å². The van der Waals surface area contributed by atoms with E-state index in [4.69, 9.17) is 10.5 Å². The number of nitrogen functional groups attached to an aromatic ring is 1. The van der Waals surface area contributed by atoms with Gasteiger partial charge in [-0.15, -0.1) is 0 Å². The fourth-order valence-corrected chi connectivity index (χ4v) is 1.37. The number of ether oxygens (including phenoxy) is 1. The lowest BCUT2D eigenvalue weighted by Gasteiger charge is -2.06. The Morgan fingerprint density at radius 2 is 2.25 bits per heavy atom. The first-order valence-electron chi connectivity index (χ1n) is 4.55. The SMILES string of the molecule is Nc1ncc(Br)nc1OCc1cccnc1. The standard InChI is InChI=1S/C10H9BrN4O/c11-8-5-14-9(12)10(15-8)16-6-7-2-1-3-13-4-7/h1-5H,6H2,(H2,12,14). The topological polar surface area (TPSA) is 73.9 Å². The number of rotatable bonds is 3. The minimum atomic E-state index is 0.270. The van der Waals surface area contributed by atoms with Crippen LogP contribution in [0.1, 0.15) is 5.56 Å². The second-order valence-corrected chi connectivity index (χ2v) is 3.85. The molecule has 2 N–H and O–H groups in total. The van der Waals surface area contributed by atoms with Crippen molar-refractivity contribution in [2.45, 2.75) is 6.61 Å². The van der Waals surface area contributed by atoms with E-state index >= 15 is 0 Å². The molecule has 0 unspecified atom stereocenters. The van der Waals surface area contributed by atoms with E-state index < -0.39 is 0 Å². The van der Waals surface area contributed by atoms with Crippen LogP contribution < -0.4 is 10.5 Å². The molecule has 6 heteroatoms. The minimum Gasteiger partial charge on any atom is -0.470 e. The number of aromatic nitrogens is 3. The molecule has 0 radical (unpaired) electrons. The lowest BCUT2D eigenvalue weighted by molar-refractivity contribution is 0.293. The second kappa shape index (κ2) is 4.89. The van der Waals surface area contributed by atoms with E-state index in [1.54, 1.807) is 12.4 Å². The number of anilines is 1. The molecule has 0 saturated heterocycles. The van der Waals surface area contributed by atoms with Gasteiger partial charge >= 0.3 is 0 Å². The Morgan fingerprint density at radius 1 is 1.38 bits per heavy atom. The number of halogens is 1. The van der Waals surface area contributed by atoms with E-state index in [2.05, 4.69) is 30.9 Å². The van der Waals surface area contributed by atoms with Gasteiger partial charge in [-0.2, -0.15) is 0 Å². The number of hydrogen-bond acceptors (Lipinski definition) is 5. The Labute approximate surface area is 101 Å². The molecule has 16 heavy (non-hydrogen) atoms. The Bertz CT molecular complexity index is 478. The number of hydrogen-bond donors (Lipinski definition) is 1. The molecule has 0 aliphatic carbocycles. The first kappa shape index (κ1) is 10.8. The van der Waals surface area contributed by atoms with Gasteiger partial charge in [0.1, 0.15) is 11.2 Å². The molecule has 2 rings (SSSR count). The smallest absolute Gasteiger partial charge is 0.258 e. The maximum Gasteiger partial charge on any atom is 0.258 e. The van der Waals surface area contributed by atoms with E-state index in [9.17, 15) is 0 Å². The van der Waals surface area contributed by atoms with Crippen LogP contribution in [0.15, 0.2) is 35.3 Å². The quantitative estimate of drug-likeness (QED) is 0.928. The molecule has 0 aliphatic heterocycles. The Hall–Kier alpha value is -1.69. The fourth-order valence-electron chi connectivity index (χ4n) is 1.10. The van der Waals surface area contributed by atoms with Crippen LogP contribution in [0.25, 0.3) is 0 Å².